The number of hydrogen-bond acceptors (Lipinski definition) is 3. The molecule has 0 aromatic heterocycles. The number of rotatable bonds is 4. The molecule has 24 heavy (non-hydrogen) atoms. The number of hydrogen-bond donors (Lipinski definition) is 2. The lowest BCUT2D eigenvalue weighted by Gasteiger charge is -2.33. The summed E-state index contributed by atoms with van der Waals surface area (Å²) in [7, 11) is 0. The van der Waals surface area contributed by atoms with Crippen LogP contribution in [-0.2, 0) is 11.3 Å². The third kappa shape index (κ3) is 4.60. The van der Waals surface area contributed by atoms with E-state index in [9.17, 15) is 9.18 Å². The van der Waals surface area contributed by atoms with E-state index < -0.39 is 6.17 Å². The second-order valence-electron chi connectivity index (χ2n) is 6.60. The number of halogens is 3. The lowest BCUT2D eigenvalue weighted by atomic mass is 10.0. The van der Waals surface area contributed by atoms with Crippen LogP contribution in [0.15, 0.2) is 18.2 Å². The van der Waals surface area contributed by atoms with Gasteiger partial charge in [-0.05, 0) is 30.5 Å². The van der Waals surface area contributed by atoms with Gasteiger partial charge in [0.25, 0.3) is 0 Å². The van der Waals surface area contributed by atoms with E-state index in [1.165, 1.54) is 0 Å². The number of alkyl halides is 1. The standard InChI is InChI=1S/C17H22Cl2FN3O/c18-14-2-1-11(7-15(14)19)10-23-5-3-13(4-6-23)22-17(24)16-8-12(20)9-21-16/h1-2,7,12-13,16,21H,3-6,8-10H2,(H,22,24)/t12-,16+/m0/s1. The summed E-state index contributed by atoms with van der Waals surface area (Å²) >= 11 is 12.0. The van der Waals surface area contributed by atoms with Crippen molar-refractivity contribution >= 4 is 29.1 Å². The van der Waals surface area contributed by atoms with Crippen molar-refractivity contribution in [2.45, 2.75) is 44.1 Å². The van der Waals surface area contributed by atoms with Gasteiger partial charge < -0.3 is 10.6 Å². The summed E-state index contributed by atoms with van der Waals surface area (Å²) in [4.78, 5) is 14.5. The van der Waals surface area contributed by atoms with Crippen LogP contribution in [0, 0.1) is 0 Å². The highest BCUT2D eigenvalue weighted by Gasteiger charge is 2.31. The van der Waals surface area contributed by atoms with Crippen molar-refractivity contribution < 1.29 is 9.18 Å². The summed E-state index contributed by atoms with van der Waals surface area (Å²) in [6.45, 7) is 2.93. The summed E-state index contributed by atoms with van der Waals surface area (Å²) in [5.74, 6) is -0.0712. The van der Waals surface area contributed by atoms with E-state index >= 15 is 0 Å². The molecule has 0 spiro atoms. The van der Waals surface area contributed by atoms with E-state index in [2.05, 4.69) is 15.5 Å². The molecular weight excluding hydrogens is 352 g/mol. The van der Waals surface area contributed by atoms with Crippen molar-refractivity contribution in [1.82, 2.24) is 15.5 Å². The highest BCUT2D eigenvalue weighted by molar-refractivity contribution is 6.42. The minimum absolute atomic E-state index is 0.0712. The lowest BCUT2D eigenvalue weighted by Crippen LogP contribution is -2.49. The second-order valence-corrected chi connectivity index (χ2v) is 7.42. The van der Waals surface area contributed by atoms with E-state index in [0.29, 0.717) is 10.0 Å². The SMILES string of the molecule is O=C(NC1CCN(Cc2ccc(Cl)c(Cl)c2)CC1)[C@H]1C[C@H](F)CN1. The van der Waals surface area contributed by atoms with E-state index in [1.54, 1.807) is 0 Å². The number of nitrogens with one attached hydrogen (secondary N) is 2. The molecule has 2 atom stereocenters. The quantitative estimate of drug-likeness (QED) is 0.852. The van der Waals surface area contributed by atoms with Crippen LogP contribution in [0.25, 0.3) is 0 Å². The molecule has 0 unspecified atom stereocenters. The summed E-state index contributed by atoms with van der Waals surface area (Å²) < 4.78 is 13.2. The number of carbonyl (C=O) groups excluding carboxylic acids is 1. The highest BCUT2D eigenvalue weighted by Crippen LogP contribution is 2.24. The Morgan fingerprint density at radius 3 is 2.67 bits per heavy atom. The van der Waals surface area contributed by atoms with Crippen LogP contribution in [0.1, 0.15) is 24.8 Å². The molecule has 0 aliphatic carbocycles. The molecular formula is C17H22Cl2FN3O. The molecule has 2 fully saturated rings. The van der Waals surface area contributed by atoms with Crippen LogP contribution in [0.3, 0.4) is 0 Å². The summed E-state index contributed by atoms with van der Waals surface area (Å²) in [6, 6.07) is 5.49. The first-order chi connectivity index (χ1) is 11.5. The predicted molar refractivity (Wildman–Crippen MR) is 94.2 cm³/mol. The monoisotopic (exact) mass is 373 g/mol. The third-order valence-electron chi connectivity index (χ3n) is 4.72. The van der Waals surface area contributed by atoms with Gasteiger partial charge in [0, 0.05) is 38.6 Å². The predicted octanol–water partition coefficient (Wildman–Crippen LogP) is 2.77. The van der Waals surface area contributed by atoms with Crippen molar-refractivity contribution in [2.75, 3.05) is 19.6 Å². The van der Waals surface area contributed by atoms with Gasteiger partial charge >= 0.3 is 0 Å². The van der Waals surface area contributed by atoms with Crippen LogP contribution in [-0.4, -0.2) is 48.7 Å². The maximum Gasteiger partial charge on any atom is 0.237 e. The molecule has 0 radical (unpaired) electrons. The Bertz CT molecular complexity index is 593. The maximum absolute atomic E-state index is 13.2. The number of carbonyl (C=O) groups is 1. The Kier molecular flexibility index (Phi) is 5.98. The van der Waals surface area contributed by atoms with E-state index in [-0.39, 0.29) is 31.0 Å². The molecule has 3 rings (SSSR count). The van der Waals surface area contributed by atoms with Crippen molar-refractivity contribution in [3.63, 3.8) is 0 Å². The first-order valence-corrected chi connectivity index (χ1v) is 9.11. The van der Waals surface area contributed by atoms with Crippen LogP contribution in [0.4, 0.5) is 4.39 Å². The topological polar surface area (TPSA) is 44.4 Å². The fraction of sp³-hybridized carbons (Fsp3) is 0.588. The van der Waals surface area contributed by atoms with Gasteiger partial charge in [0.2, 0.25) is 5.91 Å². The zero-order chi connectivity index (χ0) is 17.1. The molecule has 2 heterocycles. The summed E-state index contributed by atoms with van der Waals surface area (Å²) in [6.07, 6.45) is 1.17. The molecule has 2 N–H and O–H groups in total. The molecule has 1 aromatic rings. The Hall–Kier alpha value is -0.880. The normalized spacial score (nSPS) is 25.8. The lowest BCUT2D eigenvalue weighted by molar-refractivity contribution is -0.123. The molecule has 2 saturated heterocycles. The number of nitrogens with zero attached hydrogens (tertiary/aromatic N) is 1. The minimum atomic E-state index is -0.909. The van der Waals surface area contributed by atoms with Crippen LogP contribution >= 0.6 is 23.2 Å². The summed E-state index contributed by atoms with van der Waals surface area (Å²) in [5, 5.41) is 7.12. The zero-order valence-electron chi connectivity index (χ0n) is 13.4. The maximum atomic E-state index is 13.2. The molecule has 1 aromatic carbocycles. The van der Waals surface area contributed by atoms with Gasteiger partial charge in [-0.15, -0.1) is 0 Å². The van der Waals surface area contributed by atoms with Gasteiger partial charge in [-0.1, -0.05) is 29.3 Å². The van der Waals surface area contributed by atoms with Crippen LogP contribution in [0.2, 0.25) is 10.0 Å². The zero-order valence-corrected chi connectivity index (χ0v) is 14.9. The number of likely N-dealkylation sites (tertiary alicyclic amines) is 1. The Balaban J connectivity index is 1.43. The molecule has 7 heteroatoms. The molecule has 0 bridgehead atoms. The first kappa shape index (κ1) is 17.9. The Morgan fingerprint density at radius 2 is 2.04 bits per heavy atom. The largest absolute Gasteiger partial charge is 0.352 e. The number of benzene rings is 1. The van der Waals surface area contributed by atoms with Gasteiger partial charge in [-0.3, -0.25) is 9.69 Å². The van der Waals surface area contributed by atoms with Gasteiger partial charge in [-0.2, -0.15) is 0 Å². The fourth-order valence-electron chi connectivity index (χ4n) is 3.33. The molecule has 2 aliphatic rings. The summed E-state index contributed by atoms with van der Waals surface area (Å²) in [5.41, 5.74) is 1.14. The molecule has 1 amide bonds. The average Bonchev–Trinajstić information content (AvgIpc) is 2.99. The number of amides is 1. The smallest absolute Gasteiger partial charge is 0.237 e. The molecule has 0 saturated carbocycles. The Morgan fingerprint density at radius 1 is 1.29 bits per heavy atom. The second kappa shape index (κ2) is 8.00. The molecule has 4 nitrogen and oxygen atoms in total. The van der Waals surface area contributed by atoms with Gasteiger partial charge in [0.15, 0.2) is 0 Å². The van der Waals surface area contributed by atoms with Crippen molar-refractivity contribution in [1.29, 1.82) is 0 Å². The molecule has 2 aliphatic heterocycles. The van der Waals surface area contributed by atoms with Gasteiger partial charge in [0.1, 0.15) is 6.17 Å². The molecule has 132 valence electrons. The van der Waals surface area contributed by atoms with E-state index in [0.717, 1.165) is 38.0 Å². The third-order valence-corrected chi connectivity index (χ3v) is 5.46. The van der Waals surface area contributed by atoms with E-state index in [1.807, 2.05) is 18.2 Å². The van der Waals surface area contributed by atoms with Gasteiger partial charge in [0.05, 0.1) is 16.1 Å². The van der Waals surface area contributed by atoms with Gasteiger partial charge in [-0.25, -0.2) is 4.39 Å². The average molecular weight is 374 g/mol. The van der Waals surface area contributed by atoms with E-state index in [4.69, 9.17) is 23.2 Å². The minimum Gasteiger partial charge on any atom is -0.352 e. The van der Waals surface area contributed by atoms with Crippen LogP contribution < -0.4 is 10.6 Å². The van der Waals surface area contributed by atoms with Crippen molar-refractivity contribution in [3.05, 3.63) is 33.8 Å². The highest BCUT2D eigenvalue weighted by atomic mass is 35.5. The van der Waals surface area contributed by atoms with Crippen molar-refractivity contribution in [2.24, 2.45) is 0 Å². The fourth-order valence-corrected chi connectivity index (χ4v) is 3.65. The van der Waals surface area contributed by atoms with Crippen molar-refractivity contribution in [3.8, 4) is 0 Å². The Labute approximate surface area is 151 Å². The number of piperidine rings is 1. The van der Waals surface area contributed by atoms with Crippen LogP contribution in [0.5, 0.6) is 0 Å². The first-order valence-electron chi connectivity index (χ1n) is 8.35.